The van der Waals surface area contributed by atoms with Crippen LogP contribution in [-0.4, -0.2) is 71.0 Å². The summed E-state index contributed by atoms with van der Waals surface area (Å²) >= 11 is 0.800. The van der Waals surface area contributed by atoms with E-state index in [1.807, 2.05) is 0 Å². The monoisotopic (exact) mass is 351 g/mol. The van der Waals surface area contributed by atoms with Gasteiger partial charge in [0.1, 0.15) is 6.04 Å². The number of nitrogens with one attached hydrogen (secondary N) is 3. The average Bonchev–Trinajstić information content (AvgIpc) is 2.49. The molecule has 0 saturated carbocycles. The summed E-state index contributed by atoms with van der Waals surface area (Å²) in [6, 6.07) is -1.15. The molecular formula is C12H21N3O7S. The normalized spacial score (nSPS) is 10.4. The van der Waals surface area contributed by atoms with Crippen LogP contribution in [0.2, 0.25) is 0 Å². The first-order valence-corrected chi connectivity index (χ1v) is 7.46. The lowest BCUT2D eigenvalue weighted by Gasteiger charge is -2.15. The molecule has 0 aromatic carbocycles. The maximum atomic E-state index is 11.6. The van der Waals surface area contributed by atoms with E-state index in [9.17, 15) is 19.2 Å². The Morgan fingerprint density at radius 2 is 1.74 bits per heavy atom. The van der Waals surface area contributed by atoms with Gasteiger partial charge in [-0.25, -0.2) is 0 Å². The molecule has 0 heterocycles. The molecular weight excluding hydrogens is 330 g/mol. The van der Waals surface area contributed by atoms with Crippen LogP contribution in [0.25, 0.3) is 0 Å². The van der Waals surface area contributed by atoms with Crippen molar-refractivity contribution in [3.63, 3.8) is 0 Å². The summed E-state index contributed by atoms with van der Waals surface area (Å²) < 4.78 is 0. The molecule has 0 rings (SSSR count). The lowest BCUT2D eigenvalue weighted by molar-refractivity contribution is -0.130. The lowest BCUT2D eigenvalue weighted by atomic mass is 10.3. The summed E-state index contributed by atoms with van der Waals surface area (Å²) in [6.07, 6.45) is 0. The molecule has 5 N–H and O–H groups in total. The van der Waals surface area contributed by atoms with Crippen LogP contribution in [-0.2, 0) is 24.0 Å². The fourth-order valence-corrected chi connectivity index (χ4v) is 1.57. The molecule has 23 heavy (non-hydrogen) atoms. The Hall–Kier alpha value is -2.14. The van der Waals surface area contributed by atoms with Crippen molar-refractivity contribution in [1.29, 1.82) is 0 Å². The van der Waals surface area contributed by atoms with Crippen LogP contribution in [0.4, 0.5) is 0 Å². The molecule has 1 atom stereocenters. The zero-order valence-corrected chi connectivity index (χ0v) is 13.6. The number of carbonyl (C=O) groups is 5. The molecule has 0 saturated heterocycles. The van der Waals surface area contributed by atoms with Gasteiger partial charge in [0.15, 0.2) is 5.12 Å². The average molecular weight is 351 g/mol. The van der Waals surface area contributed by atoms with Crippen molar-refractivity contribution in [2.45, 2.75) is 19.9 Å². The van der Waals surface area contributed by atoms with Gasteiger partial charge in [0.2, 0.25) is 17.7 Å². The number of amides is 3. The molecule has 0 aliphatic heterocycles. The number of rotatable bonds is 8. The second-order valence-corrected chi connectivity index (χ2v) is 5.01. The van der Waals surface area contributed by atoms with Gasteiger partial charge in [-0.2, -0.15) is 0 Å². The van der Waals surface area contributed by atoms with E-state index in [-0.39, 0.29) is 29.8 Å². The van der Waals surface area contributed by atoms with Crippen LogP contribution in [0.1, 0.15) is 13.8 Å². The fourth-order valence-electron chi connectivity index (χ4n) is 1.15. The minimum atomic E-state index is -1.15. The van der Waals surface area contributed by atoms with E-state index in [1.165, 1.54) is 6.92 Å². The zero-order valence-electron chi connectivity index (χ0n) is 12.8. The largest absolute Gasteiger partial charge is 0.483 e. The number of carbonyl (C=O) groups excluding carboxylic acids is 4. The predicted octanol–water partition coefficient (Wildman–Crippen LogP) is -2.30. The number of hydrogen-bond donors (Lipinski definition) is 5. The molecule has 0 fully saturated rings. The van der Waals surface area contributed by atoms with Gasteiger partial charge in [-0.05, 0) is 6.92 Å². The van der Waals surface area contributed by atoms with Crippen LogP contribution in [0.15, 0.2) is 0 Å². The molecule has 0 aliphatic carbocycles. The van der Waals surface area contributed by atoms with Crippen molar-refractivity contribution >= 4 is 41.1 Å². The van der Waals surface area contributed by atoms with Crippen molar-refractivity contribution in [3.05, 3.63) is 0 Å². The van der Waals surface area contributed by atoms with E-state index in [1.54, 1.807) is 6.92 Å². The molecule has 0 radical (unpaired) electrons. The molecule has 10 nitrogen and oxygen atoms in total. The molecule has 0 aromatic rings. The highest BCUT2D eigenvalue weighted by molar-refractivity contribution is 8.14. The minimum absolute atomic E-state index is 0.130. The van der Waals surface area contributed by atoms with Gasteiger partial charge in [0, 0.05) is 13.5 Å². The Bertz CT molecular complexity index is 417. The van der Waals surface area contributed by atoms with E-state index in [0.29, 0.717) is 6.54 Å². The van der Waals surface area contributed by atoms with Crippen molar-refractivity contribution in [2.75, 3.05) is 25.4 Å². The van der Waals surface area contributed by atoms with E-state index < -0.39 is 24.5 Å². The maximum Gasteiger partial charge on any atom is 0.290 e. The molecule has 0 bridgehead atoms. The molecule has 1 unspecified atom stereocenters. The Labute approximate surface area is 137 Å². The third-order valence-corrected chi connectivity index (χ3v) is 2.85. The first kappa shape index (κ1) is 23.1. The maximum absolute atomic E-state index is 11.6. The van der Waals surface area contributed by atoms with Crippen LogP contribution in [0.5, 0.6) is 0 Å². The summed E-state index contributed by atoms with van der Waals surface area (Å²) in [7, 11) is 0. The van der Waals surface area contributed by atoms with Gasteiger partial charge in [-0.1, -0.05) is 11.8 Å². The van der Waals surface area contributed by atoms with Gasteiger partial charge in [0.05, 0.1) is 18.9 Å². The molecule has 11 heteroatoms. The highest BCUT2D eigenvalue weighted by Crippen LogP contribution is 1.99. The summed E-state index contributed by atoms with van der Waals surface area (Å²) in [4.78, 5) is 53.2. The third-order valence-electron chi connectivity index (χ3n) is 2.04. The SMILES string of the molecule is CCNC(=O)CNC(=O)C(CO)NC(=O)CSC(C)=O.O=CO. The number of aliphatic hydroxyl groups excluding tert-OH is 1. The number of carboxylic acid groups (broad SMARTS) is 1. The number of thioether (sulfide) groups is 1. The van der Waals surface area contributed by atoms with Crippen molar-refractivity contribution in [1.82, 2.24) is 16.0 Å². The van der Waals surface area contributed by atoms with E-state index >= 15 is 0 Å². The second-order valence-electron chi connectivity index (χ2n) is 3.86. The van der Waals surface area contributed by atoms with Gasteiger partial charge >= 0.3 is 0 Å². The molecule has 3 amide bonds. The first-order chi connectivity index (χ1) is 10.8. The van der Waals surface area contributed by atoms with Crippen LogP contribution in [0.3, 0.4) is 0 Å². The highest BCUT2D eigenvalue weighted by Gasteiger charge is 2.20. The van der Waals surface area contributed by atoms with Gasteiger partial charge in [-0.3, -0.25) is 24.0 Å². The zero-order chi connectivity index (χ0) is 18.3. The third kappa shape index (κ3) is 14.6. The Morgan fingerprint density at radius 1 is 1.17 bits per heavy atom. The van der Waals surface area contributed by atoms with Crippen molar-refractivity contribution in [3.8, 4) is 0 Å². The minimum Gasteiger partial charge on any atom is -0.483 e. The predicted molar refractivity (Wildman–Crippen MR) is 82.5 cm³/mol. The Balaban J connectivity index is 0. The number of hydrogen-bond acceptors (Lipinski definition) is 7. The van der Waals surface area contributed by atoms with Gasteiger partial charge in [-0.15, -0.1) is 0 Å². The Morgan fingerprint density at radius 3 is 2.17 bits per heavy atom. The Kier molecular flexibility index (Phi) is 14.9. The van der Waals surface area contributed by atoms with Gasteiger partial charge < -0.3 is 26.2 Å². The highest BCUT2D eigenvalue weighted by atomic mass is 32.2. The summed E-state index contributed by atoms with van der Waals surface area (Å²) in [5.41, 5.74) is 0. The standard InChI is InChI=1S/C11H19N3O5S.CH2O2/c1-3-12-9(17)4-13-11(19)8(5-15)14-10(18)6-20-7(2)16;2-1-3/h8,15H,3-6H2,1-2H3,(H,12,17)(H,13,19)(H,14,18);1H,(H,2,3). The molecule has 0 aromatic heterocycles. The van der Waals surface area contributed by atoms with Crippen LogP contribution >= 0.6 is 11.8 Å². The molecule has 0 spiro atoms. The fraction of sp³-hybridized carbons (Fsp3) is 0.583. The summed E-state index contributed by atoms with van der Waals surface area (Å²) in [5, 5.41) is 22.8. The van der Waals surface area contributed by atoms with E-state index in [2.05, 4.69) is 16.0 Å². The van der Waals surface area contributed by atoms with E-state index in [0.717, 1.165) is 11.8 Å². The summed E-state index contributed by atoms with van der Waals surface area (Å²) in [5.74, 6) is -1.71. The van der Waals surface area contributed by atoms with Crippen LogP contribution in [0, 0.1) is 0 Å². The molecule has 132 valence electrons. The molecule has 0 aliphatic rings. The van der Waals surface area contributed by atoms with E-state index in [4.69, 9.17) is 15.0 Å². The lowest BCUT2D eigenvalue weighted by Crippen LogP contribution is -2.51. The number of aliphatic hydroxyl groups is 1. The van der Waals surface area contributed by atoms with Crippen LogP contribution < -0.4 is 16.0 Å². The van der Waals surface area contributed by atoms with Gasteiger partial charge in [0.25, 0.3) is 6.47 Å². The number of likely N-dealkylation sites (N-methyl/N-ethyl adjacent to an activating group) is 1. The second kappa shape index (κ2) is 14.8. The topological polar surface area (TPSA) is 162 Å². The summed E-state index contributed by atoms with van der Waals surface area (Å²) in [6.45, 7) is 2.42. The smallest absolute Gasteiger partial charge is 0.290 e. The quantitative estimate of drug-likeness (QED) is 0.305. The van der Waals surface area contributed by atoms with Crippen molar-refractivity contribution in [2.24, 2.45) is 0 Å². The first-order valence-electron chi connectivity index (χ1n) is 6.48. The van der Waals surface area contributed by atoms with Crippen molar-refractivity contribution < 1.29 is 34.2 Å².